The molecular weight excluding hydrogens is 330 g/mol. The molecule has 124 valence electrons. The van der Waals surface area contributed by atoms with Gasteiger partial charge in [0.1, 0.15) is 17.6 Å². The van der Waals surface area contributed by atoms with E-state index < -0.39 is 0 Å². The topological polar surface area (TPSA) is 46.2 Å². The van der Waals surface area contributed by atoms with E-state index in [1.807, 2.05) is 36.6 Å². The molecule has 0 aliphatic heterocycles. The second-order valence-electron chi connectivity index (χ2n) is 5.96. The van der Waals surface area contributed by atoms with Crippen molar-refractivity contribution in [2.45, 2.75) is 17.7 Å². The molecule has 0 radical (unpaired) electrons. The van der Waals surface area contributed by atoms with Crippen LogP contribution >= 0.6 is 11.8 Å². The fourth-order valence-corrected chi connectivity index (χ4v) is 4.28. The third-order valence-electron chi connectivity index (χ3n) is 4.71. The Morgan fingerprint density at radius 2 is 1.92 bits per heavy atom. The van der Waals surface area contributed by atoms with Gasteiger partial charge in [0.25, 0.3) is 0 Å². The molecule has 0 spiro atoms. The number of thioether (sulfide) groups is 1. The Morgan fingerprint density at radius 1 is 1.12 bits per heavy atom. The van der Waals surface area contributed by atoms with Crippen LogP contribution < -0.4 is 4.74 Å². The van der Waals surface area contributed by atoms with Crippen molar-refractivity contribution < 1.29 is 9.15 Å². The molecule has 0 bridgehead atoms. The molecule has 2 aromatic carbocycles. The average Bonchev–Trinajstić information content (AvgIpc) is 3.15. The number of nitrogens with zero attached hydrogens (tertiary/aromatic N) is 1. The Labute approximate surface area is 151 Å². The maximum absolute atomic E-state index is 9.91. The summed E-state index contributed by atoms with van der Waals surface area (Å²) in [7, 11) is 1.66. The minimum absolute atomic E-state index is 0.748. The molecule has 1 heterocycles. The lowest BCUT2D eigenvalue weighted by Crippen LogP contribution is -2.06. The van der Waals surface area contributed by atoms with Gasteiger partial charge in [0.2, 0.25) is 0 Å². The van der Waals surface area contributed by atoms with Gasteiger partial charge in [-0.2, -0.15) is 5.26 Å². The number of fused-ring (bicyclic) bond motifs is 3. The Balaban J connectivity index is 1.97. The predicted octanol–water partition coefficient (Wildman–Crippen LogP) is 5.31. The number of hydrogen-bond acceptors (Lipinski definition) is 4. The lowest BCUT2D eigenvalue weighted by Gasteiger charge is -2.21. The maximum Gasteiger partial charge on any atom is 0.118 e. The Morgan fingerprint density at radius 3 is 2.60 bits per heavy atom. The van der Waals surface area contributed by atoms with E-state index in [0.29, 0.717) is 0 Å². The second-order valence-corrected chi connectivity index (χ2v) is 6.78. The minimum atomic E-state index is 0.748. The van der Waals surface area contributed by atoms with Gasteiger partial charge in [0.05, 0.1) is 18.9 Å². The highest BCUT2D eigenvalue weighted by Crippen LogP contribution is 2.44. The Kier molecular flexibility index (Phi) is 4.03. The van der Waals surface area contributed by atoms with Crippen LogP contribution in [0.2, 0.25) is 0 Å². The summed E-state index contributed by atoms with van der Waals surface area (Å²) >= 11 is 1.62. The number of nitriles is 1. The van der Waals surface area contributed by atoms with Crippen LogP contribution in [0.4, 0.5) is 0 Å². The molecule has 3 nitrogen and oxygen atoms in total. The molecule has 4 heteroatoms. The lowest BCUT2D eigenvalue weighted by atomic mass is 9.84. The summed E-state index contributed by atoms with van der Waals surface area (Å²) in [5.74, 6) is 1.81. The van der Waals surface area contributed by atoms with Crippen molar-refractivity contribution in [2.24, 2.45) is 0 Å². The molecule has 4 rings (SSSR count). The first-order valence-electron chi connectivity index (χ1n) is 8.12. The van der Waals surface area contributed by atoms with Gasteiger partial charge >= 0.3 is 0 Å². The van der Waals surface area contributed by atoms with Crippen molar-refractivity contribution in [2.75, 3.05) is 13.4 Å². The number of furan rings is 1. The minimum Gasteiger partial charge on any atom is -0.497 e. The third kappa shape index (κ3) is 2.52. The molecular formula is C21H17NO2S. The fraction of sp³-hybridized carbons (Fsp3) is 0.190. The van der Waals surface area contributed by atoms with Crippen molar-refractivity contribution in [3.8, 4) is 34.1 Å². The number of rotatable bonds is 3. The molecule has 1 aliphatic carbocycles. The van der Waals surface area contributed by atoms with Crippen molar-refractivity contribution >= 4 is 11.8 Å². The smallest absolute Gasteiger partial charge is 0.118 e. The number of methoxy groups -OCH3 is 1. The van der Waals surface area contributed by atoms with Gasteiger partial charge in [0, 0.05) is 22.4 Å². The second kappa shape index (κ2) is 6.34. The molecule has 3 aromatic rings. The van der Waals surface area contributed by atoms with Crippen molar-refractivity contribution in [3.05, 3.63) is 59.5 Å². The van der Waals surface area contributed by atoms with Gasteiger partial charge in [-0.25, -0.2) is 0 Å². The van der Waals surface area contributed by atoms with E-state index in [2.05, 4.69) is 12.1 Å². The van der Waals surface area contributed by atoms with Gasteiger partial charge < -0.3 is 9.15 Å². The van der Waals surface area contributed by atoms with Crippen LogP contribution in [0, 0.1) is 11.3 Å². The zero-order valence-corrected chi connectivity index (χ0v) is 14.9. The summed E-state index contributed by atoms with van der Waals surface area (Å²) in [4.78, 5) is 1.01. The van der Waals surface area contributed by atoms with Gasteiger partial charge in [-0.05, 0) is 53.6 Å². The highest BCUT2D eigenvalue weighted by atomic mass is 32.2. The highest BCUT2D eigenvalue weighted by molar-refractivity contribution is 7.98. The van der Waals surface area contributed by atoms with E-state index >= 15 is 0 Å². The summed E-state index contributed by atoms with van der Waals surface area (Å²) in [6.45, 7) is 0. The molecule has 0 fully saturated rings. The molecule has 0 atom stereocenters. The summed E-state index contributed by atoms with van der Waals surface area (Å²) in [5, 5.41) is 9.91. The van der Waals surface area contributed by atoms with E-state index in [-0.39, 0.29) is 0 Å². The predicted molar refractivity (Wildman–Crippen MR) is 100 cm³/mol. The van der Waals surface area contributed by atoms with Crippen LogP contribution in [0.3, 0.4) is 0 Å². The number of benzene rings is 2. The fourth-order valence-electron chi connectivity index (χ4n) is 3.53. The molecule has 0 amide bonds. The van der Waals surface area contributed by atoms with E-state index in [9.17, 15) is 5.26 Å². The summed E-state index contributed by atoms with van der Waals surface area (Å²) in [6.07, 6.45) is 5.51. The van der Waals surface area contributed by atoms with Crippen LogP contribution in [-0.4, -0.2) is 13.4 Å². The van der Waals surface area contributed by atoms with Crippen LogP contribution in [0.15, 0.2) is 52.0 Å². The zero-order valence-electron chi connectivity index (χ0n) is 14.1. The van der Waals surface area contributed by atoms with Gasteiger partial charge in [-0.3, -0.25) is 0 Å². The van der Waals surface area contributed by atoms with Gasteiger partial charge in [-0.1, -0.05) is 12.1 Å². The number of hydrogen-bond donors (Lipinski definition) is 0. The van der Waals surface area contributed by atoms with E-state index in [1.165, 1.54) is 5.56 Å². The highest BCUT2D eigenvalue weighted by Gasteiger charge is 2.26. The lowest BCUT2D eigenvalue weighted by molar-refractivity contribution is 0.415. The van der Waals surface area contributed by atoms with Crippen molar-refractivity contribution in [1.29, 1.82) is 5.26 Å². The number of aryl methyl sites for hydroxylation is 2. The van der Waals surface area contributed by atoms with E-state index in [1.54, 1.807) is 25.1 Å². The van der Waals surface area contributed by atoms with Crippen molar-refractivity contribution in [1.82, 2.24) is 0 Å². The molecule has 0 saturated carbocycles. The first-order chi connectivity index (χ1) is 12.3. The van der Waals surface area contributed by atoms with Gasteiger partial charge in [0.15, 0.2) is 0 Å². The largest absolute Gasteiger partial charge is 0.497 e. The first kappa shape index (κ1) is 15.9. The van der Waals surface area contributed by atoms with Crippen LogP contribution in [0.5, 0.6) is 5.75 Å². The van der Waals surface area contributed by atoms with Crippen molar-refractivity contribution in [3.63, 3.8) is 0 Å². The Hall–Kier alpha value is -2.64. The average molecular weight is 347 g/mol. The Bertz CT molecular complexity index is 980. The standard InChI is InChI=1S/C21H17NO2S/c1-23-15-6-3-13(4-7-15)17-11-14-5-8-19-16(9-10-24-19)20(14)18(12-22)21(17)25-2/h3-4,6-7,9-11H,5,8H2,1-2H3. The van der Waals surface area contributed by atoms with Crippen LogP contribution in [-0.2, 0) is 12.8 Å². The van der Waals surface area contributed by atoms with Gasteiger partial charge in [-0.15, -0.1) is 11.8 Å². The maximum atomic E-state index is 9.91. The number of ether oxygens (including phenoxy) is 1. The van der Waals surface area contributed by atoms with E-state index in [4.69, 9.17) is 9.15 Å². The van der Waals surface area contributed by atoms with Crippen LogP contribution in [0.1, 0.15) is 16.9 Å². The zero-order chi connectivity index (χ0) is 17.4. The molecule has 1 aliphatic rings. The first-order valence-corrected chi connectivity index (χ1v) is 9.34. The van der Waals surface area contributed by atoms with E-state index in [0.717, 1.165) is 57.1 Å². The summed E-state index contributed by atoms with van der Waals surface area (Å²) in [6, 6.07) is 14.7. The molecule has 0 N–H and O–H groups in total. The normalized spacial score (nSPS) is 12.2. The SMILES string of the molecule is COc1ccc(-c2cc3c(c(C#N)c2SC)-c2ccoc2CC3)cc1. The summed E-state index contributed by atoms with van der Waals surface area (Å²) in [5.41, 5.74) is 6.28. The third-order valence-corrected chi connectivity index (χ3v) is 5.55. The molecule has 0 saturated heterocycles. The molecule has 1 aromatic heterocycles. The summed E-state index contributed by atoms with van der Waals surface area (Å²) < 4.78 is 10.9. The van der Waals surface area contributed by atoms with Crippen LogP contribution in [0.25, 0.3) is 22.3 Å². The molecule has 0 unspecified atom stereocenters. The molecule has 25 heavy (non-hydrogen) atoms. The quantitative estimate of drug-likeness (QED) is 0.602. The monoisotopic (exact) mass is 347 g/mol.